The Morgan fingerprint density at radius 1 is 0.281 bits per heavy atom. The highest BCUT2D eigenvalue weighted by atomic mass is 16.3. The first-order valence-electron chi connectivity index (χ1n) is 18.9. The van der Waals surface area contributed by atoms with Crippen molar-refractivity contribution in [1.29, 1.82) is 0 Å². The lowest BCUT2D eigenvalue weighted by atomic mass is 9.92. The molecule has 6 nitrogen and oxygen atoms in total. The van der Waals surface area contributed by atoms with Crippen LogP contribution in [0.5, 0.6) is 0 Å². The zero-order valence-corrected chi connectivity index (χ0v) is 30.3. The first kappa shape index (κ1) is 31.5. The van der Waals surface area contributed by atoms with Crippen LogP contribution in [0, 0.1) is 0 Å². The van der Waals surface area contributed by atoms with Gasteiger partial charge in [-0.25, -0.2) is 15.0 Å². The number of para-hydroxylation sites is 3. The molecule has 0 saturated heterocycles. The fraction of sp³-hybridized carbons (Fsp3) is 0. The Kier molecular flexibility index (Phi) is 6.83. The first-order valence-corrected chi connectivity index (χ1v) is 18.9. The molecule has 12 rings (SSSR count). The number of hydrogen-bond acceptors (Lipinski definition) is 6. The summed E-state index contributed by atoms with van der Waals surface area (Å²) in [6, 6.07) is 59.8. The minimum absolute atomic E-state index is 0.595. The van der Waals surface area contributed by atoms with E-state index in [-0.39, 0.29) is 0 Å². The van der Waals surface area contributed by atoms with E-state index < -0.39 is 0 Å². The number of aromatic nitrogens is 3. The van der Waals surface area contributed by atoms with E-state index in [4.69, 9.17) is 28.2 Å². The van der Waals surface area contributed by atoms with Gasteiger partial charge in [0.1, 0.15) is 33.5 Å². The molecule has 0 N–H and O–H groups in total. The van der Waals surface area contributed by atoms with E-state index in [1.807, 2.05) is 91.0 Å². The third-order valence-electron chi connectivity index (χ3n) is 11.0. The van der Waals surface area contributed by atoms with E-state index in [0.717, 1.165) is 105 Å². The Hall–Kier alpha value is -7.83. The van der Waals surface area contributed by atoms with Crippen molar-refractivity contribution in [3.8, 4) is 56.4 Å². The predicted octanol–water partition coefficient (Wildman–Crippen LogP) is 13.9. The van der Waals surface area contributed by atoms with Gasteiger partial charge in [-0.15, -0.1) is 0 Å². The average Bonchev–Trinajstić information content (AvgIpc) is 3.98. The summed E-state index contributed by atoms with van der Waals surface area (Å²) in [4.78, 5) is 15.1. The quantitative estimate of drug-likeness (QED) is 0.175. The van der Waals surface area contributed by atoms with Crippen LogP contribution in [0.4, 0.5) is 0 Å². The van der Waals surface area contributed by atoms with E-state index >= 15 is 0 Å². The van der Waals surface area contributed by atoms with Crippen molar-refractivity contribution in [1.82, 2.24) is 15.0 Å². The van der Waals surface area contributed by atoms with Gasteiger partial charge in [-0.05, 0) is 65.2 Å². The summed E-state index contributed by atoms with van der Waals surface area (Å²) in [6.07, 6.45) is 0. The highest BCUT2D eigenvalue weighted by molar-refractivity contribution is 6.20. The van der Waals surface area contributed by atoms with Crippen LogP contribution in [0.3, 0.4) is 0 Å². The molecule has 4 aromatic heterocycles. The van der Waals surface area contributed by atoms with Gasteiger partial charge in [0.15, 0.2) is 17.5 Å². The fourth-order valence-electron chi connectivity index (χ4n) is 8.29. The van der Waals surface area contributed by atoms with Crippen LogP contribution in [-0.2, 0) is 0 Å². The van der Waals surface area contributed by atoms with Crippen molar-refractivity contribution >= 4 is 65.8 Å². The standard InChI is InChI=1S/C51H29N3O3/c1-2-11-31(12-3-1)49-52-50(54-51(53-49)33-25-28-44-40(29-33)35-13-4-7-17-41(35)55-44)32-23-21-30(22-24-32)34-26-27-37(48-47(34)39-15-6-9-19-43(39)57-48)36-16-10-20-45-46(36)38-14-5-8-18-42(38)56-45/h1-29H. The van der Waals surface area contributed by atoms with Crippen LogP contribution in [0.15, 0.2) is 189 Å². The van der Waals surface area contributed by atoms with E-state index in [2.05, 4.69) is 84.9 Å². The normalized spacial score (nSPS) is 11.9. The lowest BCUT2D eigenvalue weighted by Gasteiger charge is -2.11. The summed E-state index contributed by atoms with van der Waals surface area (Å²) in [5.74, 6) is 1.80. The van der Waals surface area contributed by atoms with Gasteiger partial charge >= 0.3 is 0 Å². The summed E-state index contributed by atoms with van der Waals surface area (Å²) >= 11 is 0. The van der Waals surface area contributed by atoms with E-state index in [1.54, 1.807) is 0 Å². The predicted molar refractivity (Wildman–Crippen MR) is 229 cm³/mol. The third-order valence-corrected chi connectivity index (χ3v) is 11.0. The fourth-order valence-corrected chi connectivity index (χ4v) is 8.29. The molecule has 266 valence electrons. The second-order valence-corrected chi connectivity index (χ2v) is 14.3. The summed E-state index contributed by atoms with van der Waals surface area (Å²) in [5.41, 5.74) is 12.0. The molecule has 0 amide bonds. The zero-order chi connectivity index (χ0) is 37.5. The Balaban J connectivity index is 0.999. The Morgan fingerprint density at radius 3 is 1.54 bits per heavy atom. The van der Waals surface area contributed by atoms with E-state index in [9.17, 15) is 0 Å². The number of hydrogen-bond donors (Lipinski definition) is 0. The van der Waals surface area contributed by atoms with Crippen LogP contribution in [0.25, 0.3) is 122 Å². The molecule has 0 atom stereocenters. The van der Waals surface area contributed by atoms with Gasteiger partial charge in [0.05, 0.1) is 0 Å². The van der Waals surface area contributed by atoms with E-state index in [1.165, 1.54) is 0 Å². The maximum Gasteiger partial charge on any atom is 0.164 e. The monoisotopic (exact) mass is 731 g/mol. The van der Waals surface area contributed by atoms with Gasteiger partial charge in [-0.1, -0.05) is 127 Å². The van der Waals surface area contributed by atoms with Gasteiger partial charge in [0.25, 0.3) is 0 Å². The number of furan rings is 3. The second-order valence-electron chi connectivity index (χ2n) is 14.3. The van der Waals surface area contributed by atoms with Gasteiger partial charge < -0.3 is 13.3 Å². The molecule has 0 aliphatic rings. The molecule has 0 aliphatic carbocycles. The molecule has 0 spiro atoms. The molecular weight excluding hydrogens is 703 g/mol. The molecule has 0 saturated carbocycles. The summed E-state index contributed by atoms with van der Waals surface area (Å²) in [5, 5.41) is 6.37. The Bertz CT molecular complexity index is 3520. The molecule has 12 aromatic rings. The topological polar surface area (TPSA) is 78.1 Å². The van der Waals surface area contributed by atoms with Gasteiger partial charge in [-0.3, -0.25) is 0 Å². The second kappa shape index (κ2) is 12.3. The largest absolute Gasteiger partial charge is 0.456 e. The molecule has 8 aromatic carbocycles. The lowest BCUT2D eigenvalue weighted by molar-refractivity contribution is 0.668. The Labute approximate surface area is 325 Å². The number of fused-ring (bicyclic) bond motifs is 9. The molecule has 57 heavy (non-hydrogen) atoms. The molecule has 0 radical (unpaired) electrons. The van der Waals surface area contributed by atoms with Crippen molar-refractivity contribution in [3.05, 3.63) is 176 Å². The molecule has 4 heterocycles. The van der Waals surface area contributed by atoms with Crippen LogP contribution in [0.2, 0.25) is 0 Å². The molecule has 0 unspecified atom stereocenters. The van der Waals surface area contributed by atoms with Crippen molar-refractivity contribution in [2.45, 2.75) is 0 Å². The van der Waals surface area contributed by atoms with Gasteiger partial charge in [0, 0.05) is 54.6 Å². The maximum atomic E-state index is 6.72. The molecular formula is C51H29N3O3. The maximum absolute atomic E-state index is 6.72. The van der Waals surface area contributed by atoms with Crippen molar-refractivity contribution in [2.75, 3.05) is 0 Å². The van der Waals surface area contributed by atoms with Crippen LogP contribution in [0.1, 0.15) is 0 Å². The van der Waals surface area contributed by atoms with Crippen LogP contribution < -0.4 is 0 Å². The molecule has 0 bridgehead atoms. The lowest BCUT2D eigenvalue weighted by Crippen LogP contribution is -2.00. The van der Waals surface area contributed by atoms with Gasteiger partial charge in [0.2, 0.25) is 0 Å². The molecule has 0 aliphatic heterocycles. The van der Waals surface area contributed by atoms with Crippen LogP contribution >= 0.6 is 0 Å². The number of nitrogens with zero attached hydrogens (tertiary/aromatic N) is 3. The first-order chi connectivity index (χ1) is 28.2. The number of rotatable bonds is 5. The minimum Gasteiger partial charge on any atom is -0.456 e. The summed E-state index contributed by atoms with van der Waals surface area (Å²) < 4.78 is 19.1. The van der Waals surface area contributed by atoms with Crippen molar-refractivity contribution in [3.63, 3.8) is 0 Å². The highest BCUT2D eigenvalue weighted by Crippen LogP contribution is 2.45. The number of benzene rings is 8. The van der Waals surface area contributed by atoms with Crippen molar-refractivity contribution < 1.29 is 13.3 Å². The minimum atomic E-state index is 0.595. The average molecular weight is 732 g/mol. The smallest absolute Gasteiger partial charge is 0.164 e. The van der Waals surface area contributed by atoms with Gasteiger partial charge in [-0.2, -0.15) is 0 Å². The molecule has 0 fully saturated rings. The SMILES string of the molecule is c1ccc(-c2nc(-c3ccc(-c4ccc(-c5cccc6oc7ccccc7c56)c5oc6ccccc6c45)cc3)nc(-c3ccc4oc5ccccc5c4c3)n2)cc1. The van der Waals surface area contributed by atoms with E-state index in [0.29, 0.717) is 17.5 Å². The third kappa shape index (κ3) is 5.01. The summed E-state index contributed by atoms with van der Waals surface area (Å²) in [6.45, 7) is 0. The summed E-state index contributed by atoms with van der Waals surface area (Å²) in [7, 11) is 0. The van der Waals surface area contributed by atoms with Crippen LogP contribution in [-0.4, -0.2) is 15.0 Å². The zero-order valence-electron chi connectivity index (χ0n) is 30.3. The molecule has 6 heteroatoms. The van der Waals surface area contributed by atoms with Crippen molar-refractivity contribution in [2.24, 2.45) is 0 Å². The highest BCUT2D eigenvalue weighted by Gasteiger charge is 2.21. The Morgan fingerprint density at radius 2 is 0.789 bits per heavy atom.